The lowest BCUT2D eigenvalue weighted by atomic mass is 10.0. The van der Waals surface area contributed by atoms with Gasteiger partial charge in [-0.15, -0.1) is 0 Å². The molecular weight excluding hydrogens is 851 g/mol. The number of amides is 1. The Morgan fingerprint density at radius 2 is 0.768 bits per heavy atom. The molecule has 6 nitrogen and oxygen atoms in total. The average molecular weight is 967 g/mol. The zero-order valence-corrected chi connectivity index (χ0v) is 45.9. The smallest absolute Gasteiger partial charge is 0.306 e. The monoisotopic (exact) mass is 966 g/mol. The van der Waals surface area contributed by atoms with Gasteiger partial charge in [0.2, 0.25) is 5.91 Å². The number of rotatable bonds is 54. The molecule has 3 atom stereocenters. The minimum Gasteiger partial charge on any atom is -0.461 e. The van der Waals surface area contributed by atoms with Crippen molar-refractivity contribution in [1.82, 2.24) is 5.32 Å². The van der Waals surface area contributed by atoms with Crippen LogP contribution in [0.1, 0.15) is 303 Å². The fourth-order valence-electron chi connectivity index (χ4n) is 8.99. The first-order chi connectivity index (χ1) is 34.0. The number of carbonyl (C=O) groups is 2. The van der Waals surface area contributed by atoms with Gasteiger partial charge < -0.3 is 20.3 Å². The molecule has 0 bridgehead atoms. The van der Waals surface area contributed by atoms with Crippen LogP contribution in [0.3, 0.4) is 0 Å². The number of aliphatic hydroxyl groups is 2. The Morgan fingerprint density at radius 3 is 1.20 bits per heavy atom. The molecule has 0 radical (unpaired) electrons. The normalized spacial score (nSPS) is 13.5. The lowest BCUT2D eigenvalue weighted by Gasteiger charge is -2.24. The molecule has 0 rings (SSSR count). The fourth-order valence-corrected chi connectivity index (χ4v) is 8.99. The summed E-state index contributed by atoms with van der Waals surface area (Å²) < 4.78 is 5.90. The lowest BCUT2D eigenvalue weighted by Crippen LogP contribution is -2.46. The summed E-state index contributed by atoms with van der Waals surface area (Å²) in [6.45, 7) is 6.46. The van der Waals surface area contributed by atoms with Crippen LogP contribution >= 0.6 is 0 Å². The van der Waals surface area contributed by atoms with Crippen molar-refractivity contribution in [3.05, 3.63) is 60.8 Å². The van der Waals surface area contributed by atoms with Crippen molar-refractivity contribution < 1.29 is 24.5 Å². The zero-order chi connectivity index (χ0) is 50.2. The summed E-state index contributed by atoms with van der Waals surface area (Å²) in [7, 11) is 0. The van der Waals surface area contributed by atoms with Gasteiger partial charge in [0.05, 0.1) is 25.2 Å². The minimum atomic E-state index is -0.813. The molecule has 0 aliphatic rings. The second-order valence-electron chi connectivity index (χ2n) is 20.4. The highest BCUT2D eigenvalue weighted by Crippen LogP contribution is 2.17. The summed E-state index contributed by atoms with van der Waals surface area (Å²) in [5.74, 6) is -0.569. The number of carbonyl (C=O) groups excluding carboxylic acids is 2. The summed E-state index contributed by atoms with van der Waals surface area (Å²) >= 11 is 0. The third kappa shape index (κ3) is 51.7. The highest BCUT2D eigenvalue weighted by molar-refractivity contribution is 5.77. The van der Waals surface area contributed by atoms with E-state index in [1.807, 2.05) is 6.08 Å². The van der Waals surface area contributed by atoms with Crippen molar-refractivity contribution in [3.63, 3.8) is 0 Å². The molecule has 0 saturated carbocycles. The molecule has 0 heterocycles. The Balaban J connectivity index is 4.61. The third-order valence-corrected chi connectivity index (χ3v) is 13.6. The van der Waals surface area contributed by atoms with Crippen LogP contribution in [0.5, 0.6) is 0 Å². The quantitative estimate of drug-likeness (QED) is 0.0321. The molecule has 0 aliphatic carbocycles. The van der Waals surface area contributed by atoms with Crippen molar-refractivity contribution in [1.29, 1.82) is 0 Å². The van der Waals surface area contributed by atoms with Crippen LogP contribution in [0.25, 0.3) is 0 Å². The standard InChI is InChI=1S/C63H115NO5/c1-4-7-10-13-16-19-22-25-28-30-31-32-35-38-41-44-47-50-53-56-63(68)69-59(54-51-48-45-42-39-36-33-27-24-21-18-15-12-9-6-3)57-62(67)64-60(58-65)61(66)55-52-49-46-43-40-37-34-29-26-23-20-17-14-11-8-5-2/h18,21,25,27-28,33,39,42,48,51,59-61,65-66H,4-17,19-20,22-24,26,29-32,34-38,40-41,43-47,49-50,52-58H2,1-3H3,(H,64,67)/b21-18-,28-25+,33-27-,42-39-,51-48-. The Hall–Kier alpha value is -2.44. The topological polar surface area (TPSA) is 95.9 Å². The molecule has 402 valence electrons. The van der Waals surface area contributed by atoms with Crippen molar-refractivity contribution in [3.8, 4) is 0 Å². The number of allylic oxidation sites excluding steroid dienone is 9. The van der Waals surface area contributed by atoms with Gasteiger partial charge in [-0.3, -0.25) is 9.59 Å². The summed E-state index contributed by atoms with van der Waals surface area (Å²) in [6, 6.07) is -0.733. The molecule has 6 heteroatoms. The number of hydrogen-bond donors (Lipinski definition) is 3. The molecule has 0 aliphatic heterocycles. The highest BCUT2D eigenvalue weighted by Gasteiger charge is 2.23. The number of esters is 1. The molecule has 0 fully saturated rings. The van der Waals surface area contributed by atoms with Crippen LogP contribution in [0.15, 0.2) is 60.8 Å². The van der Waals surface area contributed by atoms with Crippen LogP contribution in [-0.4, -0.2) is 46.9 Å². The summed E-state index contributed by atoms with van der Waals surface area (Å²) in [5.41, 5.74) is 0. The molecule has 0 aromatic carbocycles. The average Bonchev–Trinajstić information content (AvgIpc) is 3.34. The Labute approximate surface area is 428 Å². The number of nitrogens with one attached hydrogen (secondary N) is 1. The van der Waals surface area contributed by atoms with Crippen molar-refractivity contribution >= 4 is 11.9 Å². The Kier molecular flexibility index (Phi) is 54.5. The molecule has 3 N–H and O–H groups in total. The predicted octanol–water partition coefficient (Wildman–Crippen LogP) is 18.7. The van der Waals surface area contributed by atoms with Crippen LogP contribution in [-0.2, 0) is 14.3 Å². The van der Waals surface area contributed by atoms with Gasteiger partial charge in [-0.1, -0.05) is 274 Å². The first-order valence-electron chi connectivity index (χ1n) is 30.0. The summed E-state index contributed by atoms with van der Waals surface area (Å²) in [5, 5.41) is 23.9. The van der Waals surface area contributed by atoms with Gasteiger partial charge >= 0.3 is 5.97 Å². The van der Waals surface area contributed by atoms with Crippen LogP contribution in [0.4, 0.5) is 0 Å². The van der Waals surface area contributed by atoms with Crippen LogP contribution < -0.4 is 5.32 Å². The second kappa shape index (κ2) is 56.5. The van der Waals surface area contributed by atoms with Gasteiger partial charge in [0.25, 0.3) is 0 Å². The fraction of sp³-hybridized carbons (Fsp3) is 0.810. The maximum atomic E-state index is 13.3. The number of ether oxygens (including phenoxy) is 1. The first-order valence-corrected chi connectivity index (χ1v) is 30.0. The number of hydrogen-bond acceptors (Lipinski definition) is 5. The Bertz CT molecular complexity index is 1220. The van der Waals surface area contributed by atoms with Gasteiger partial charge in [-0.2, -0.15) is 0 Å². The molecular formula is C63H115NO5. The van der Waals surface area contributed by atoms with E-state index in [0.29, 0.717) is 19.3 Å². The first kappa shape index (κ1) is 66.6. The molecule has 0 spiro atoms. The van der Waals surface area contributed by atoms with Crippen molar-refractivity contribution in [2.45, 2.75) is 322 Å². The second-order valence-corrected chi connectivity index (χ2v) is 20.4. The zero-order valence-electron chi connectivity index (χ0n) is 45.9. The molecule has 0 aromatic rings. The Morgan fingerprint density at radius 1 is 0.435 bits per heavy atom. The van der Waals surface area contributed by atoms with Gasteiger partial charge in [0.15, 0.2) is 0 Å². The van der Waals surface area contributed by atoms with E-state index >= 15 is 0 Å². The maximum absolute atomic E-state index is 13.3. The van der Waals surface area contributed by atoms with E-state index in [0.717, 1.165) is 57.8 Å². The van der Waals surface area contributed by atoms with Gasteiger partial charge in [-0.25, -0.2) is 0 Å². The number of unbranched alkanes of at least 4 members (excludes halogenated alkanes) is 33. The van der Waals surface area contributed by atoms with Crippen molar-refractivity contribution in [2.75, 3.05) is 6.61 Å². The van der Waals surface area contributed by atoms with E-state index in [2.05, 4.69) is 80.8 Å². The predicted molar refractivity (Wildman–Crippen MR) is 301 cm³/mol. The molecule has 69 heavy (non-hydrogen) atoms. The summed E-state index contributed by atoms with van der Waals surface area (Å²) in [6.07, 6.45) is 71.6. The molecule has 0 saturated heterocycles. The van der Waals surface area contributed by atoms with Gasteiger partial charge in [-0.05, 0) is 70.6 Å². The third-order valence-electron chi connectivity index (χ3n) is 13.6. The van der Waals surface area contributed by atoms with E-state index in [4.69, 9.17) is 4.74 Å². The van der Waals surface area contributed by atoms with E-state index in [-0.39, 0.29) is 24.9 Å². The summed E-state index contributed by atoms with van der Waals surface area (Å²) in [4.78, 5) is 26.3. The van der Waals surface area contributed by atoms with Gasteiger partial charge in [0.1, 0.15) is 6.10 Å². The SMILES string of the molecule is CCCCC/C=C\C/C=C\C/C=C\C/C=C\CC(CC(=O)NC(CO)C(O)CCCCCCCCCCCCCCCCCC)OC(=O)CCCCCCCCCCC/C=C/CCCCCCCC. The maximum Gasteiger partial charge on any atom is 0.306 e. The van der Waals surface area contributed by atoms with E-state index in [1.54, 1.807) is 0 Å². The van der Waals surface area contributed by atoms with Gasteiger partial charge in [0, 0.05) is 12.8 Å². The molecule has 0 aromatic heterocycles. The lowest BCUT2D eigenvalue weighted by molar-refractivity contribution is -0.150. The highest BCUT2D eigenvalue weighted by atomic mass is 16.5. The van der Waals surface area contributed by atoms with E-state index in [1.165, 1.54) is 199 Å². The largest absolute Gasteiger partial charge is 0.461 e. The molecule has 1 amide bonds. The van der Waals surface area contributed by atoms with Crippen LogP contribution in [0, 0.1) is 0 Å². The van der Waals surface area contributed by atoms with Crippen molar-refractivity contribution in [2.24, 2.45) is 0 Å². The van der Waals surface area contributed by atoms with Crippen LogP contribution in [0.2, 0.25) is 0 Å². The van der Waals surface area contributed by atoms with E-state index < -0.39 is 18.2 Å². The molecule has 3 unspecified atom stereocenters. The minimum absolute atomic E-state index is 0.00150. The van der Waals surface area contributed by atoms with E-state index in [9.17, 15) is 19.8 Å². The number of aliphatic hydroxyl groups excluding tert-OH is 2.